The minimum Gasteiger partial charge on any atom is -0.493 e. The number of methoxy groups -OCH3 is 2. The summed E-state index contributed by atoms with van der Waals surface area (Å²) < 4.78 is 10.5. The molecule has 0 spiro atoms. The van der Waals surface area contributed by atoms with E-state index in [4.69, 9.17) is 15.2 Å². The molecule has 3 nitrogen and oxygen atoms in total. The minimum atomic E-state index is 0.318. The Hall–Kier alpha value is -1.48. The van der Waals surface area contributed by atoms with Gasteiger partial charge in [0.1, 0.15) is 0 Å². The summed E-state index contributed by atoms with van der Waals surface area (Å²) in [7, 11) is 3.31. The third kappa shape index (κ3) is 2.61. The second kappa shape index (κ2) is 5.23. The second-order valence-electron chi connectivity index (χ2n) is 4.33. The van der Waals surface area contributed by atoms with Crippen LogP contribution in [0.25, 0.3) is 5.57 Å². The Morgan fingerprint density at radius 1 is 1.18 bits per heavy atom. The van der Waals surface area contributed by atoms with Crippen molar-refractivity contribution in [2.24, 2.45) is 5.73 Å². The van der Waals surface area contributed by atoms with E-state index in [1.807, 2.05) is 12.1 Å². The monoisotopic (exact) mass is 233 g/mol. The quantitative estimate of drug-likeness (QED) is 0.872. The Morgan fingerprint density at radius 3 is 2.53 bits per heavy atom. The maximum atomic E-state index is 5.89. The van der Waals surface area contributed by atoms with E-state index in [1.165, 1.54) is 11.1 Å². The molecular weight excluding hydrogens is 214 g/mol. The number of allylic oxidation sites excluding steroid dienone is 1. The molecule has 0 aromatic heterocycles. The molecule has 17 heavy (non-hydrogen) atoms. The lowest BCUT2D eigenvalue weighted by atomic mass is 9.91. The van der Waals surface area contributed by atoms with Gasteiger partial charge in [-0.15, -0.1) is 0 Å². The van der Waals surface area contributed by atoms with Crippen molar-refractivity contribution >= 4 is 5.57 Å². The molecule has 3 heteroatoms. The van der Waals surface area contributed by atoms with Gasteiger partial charge in [0.15, 0.2) is 11.5 Å². The van der Waals surface area contributed by atoms with Crippen molar-refractivity contribution in [1.29, 1.82) is 0 Å². The molecule has 92 valence electrons. The van der Waals surface area contributed by atoms with E-state index in [9.17, 15) is 0 Å². The summed E-state index contributed by atoms with van der Waals surface area (Å²) in [5, 5.41) is 0. The van der Waals surface area contributed by atoms with Crippen molar-refractivity contribution in [3.05, 3.63) is 29.8 Å². The Morgan fingerprint density at radius 2 is 1.94 bits per heavy atom. The second-order valence-corrected chi connectivity index (χ2v) is 4.33. The van der Waals surface area contributed by atoms with Gasteiger partial charge in [0.25, 0.3) is 0 Å². The van der Waals surface area contributed by atoms with Crippen LogP contribution in [-0.2, 0) is 0 Å². The number of benzene rings is 1. The Bertz CT molecular complexity index is 426. The van der Waals surface area contributed by atoms with Crippen LogP contribution in [0.1, 0.15) is 24.8 Å². The van der Waals surface area contributed by atoms with Crippen LogP contribution in [-0.4, -0.2) is 20.3 Å². The van der Waals surface area contributed by atoms with Crippen molar-refractivity contribution in [2.75, 3.05) is 14.2 Å². The predicted molar refractivity (Wildman–Crippen MR) is 69.3 cm³/mol. The molecule has 0 radical (unpaired) electrons. The van der Waals surface area contributed by atoms with Gasteiger partial charge in [-0.2, -0.15) is 0 Å². The summed E-state index contributed by atoms with van der Waals surface area (Å²) in [4.78, 5) is 0. The lowest BCUT2D eigenvalue weighted by molar-refractivity contribution is 0.355. The number of nitrogens with two attached hydrogens (primary N) is 1. The molecule has 1 aromatic carbocycles. The normalized spacial score (nSPS) is 19.7. The Balaban J connectivity index is 2.27. The molecule has 0 bridgehead atoms. The summed E-state index contributed by atoms with van der Waals surface area (Å²) in [6.45, 7) is 0. The fourth-order valence-electron chi connectivity index (χ4n) is 2.15. The summed E-state index contributed by atoms with van der Waals surface area (Å²) >= 11 is 0. The van der Waals surface area contributed by atoms with E-state index in [0.29, 0.717) is 6.04 Å². The first kappa shape index (κ1) is 12.0. The maximum Gasteiger partial charge on any atom is 0.161 e. The summed E-state index contributed by atoms with van der Waals surface area (Å²) in [6, 6.07) is 6.37. The van der Waals surface area contributed by atoms with E-state index in [0.717, 1.165) is 30.8 Å². The van der Waals surface area contributed by atoms with E-state index < -0.39 is 0 Å². The molecule has 1 unspecified atom stereocenters. The van der Waals surface area contributed by atoms with Crippen molar-refractivity contribution in [3.8, 4) is 11.5 Å². The summed E-state index contributed by atoms with van der Waals surface area (Å²) in [5.41, 5.74) is 8.45. The van der Waals surface area contributed by atoms with Crippen LogP contribution in [0.5, 0.6) is 11.5 Å². The van der Waals surface area contributed by atoms with Crippen molar-refractivity contribution in [1.82, 2.24) is 0 Å². The van der Waals surface area contributed by atoms with Gasteiger partial charge < -0.3 is 15.2 Å². The summed E-state index contributed by atoms with van der Waals surface area (Å²) in [6.07, 6.45) is 5.29. The highest BCUT2D eigenvalue weighted by Gasteiger charge is 2.13. The fourth-order valence-corrected chi connectivity index (χ4v) is 2.15. The zero-order valence-corrected chi connectivity index (χ0v) is 10.4. The number of hydrogen-bond acceptors (Lipinski definition) is 3. The molecule has 0 heterocycles. The third-order valence-electron chi connectivity index (χ3n) is 3.21. The molecule has 2 rings (SSSR count). The molecule has 0 saturated heterocycles. The standard InChI is InChI=1S/C14H19NO2/c1-16-13-8-5-11(9-14(13)17-2)10-3-6-12(15)7-4-10/h3,5,8-9,12H,4,6-7,15H2,1-2H3. The minimum absolute atomic E-state index is 0.318. The van der Waals surface area contributed by atoms with Crippen molar-refractivity contribution in [2.45, 2.75) is 25.3 Å². The number of rotatable bonds is 3. The van der Waals surface area contributed by atoms with E-state index in [-0.39, 0.29) is 0 Å². The molecule has 0 fully saturated rings. The van der Waals surface area contributed by atoms with Gasteiger partial charge >= 0.3 is 0 Å². The Kier molecular flexibility index (Phi) is 3.69. The first-order valence-corrected chi connectivity index (χ1v) is 5.91. The zero-order valence-electron chi connectivity index (χ0n) is 10.4. The highest BCUT2D eigenvalue weighted by molar-refractivity contribution is 5.68. The van der Waals surface area contributed by atoms with Crippen LogP contribution in [0.2, 0.25) is 0 Å². The molecule has 1 aliphatic carbocycles. The molecule has 0 saturated carbocycles. The van der Waals surface area contributed by atoms with Gasteiger partial charge in [0.2, 0.25) is 0 Å². The van der Waals surface area contributed by atoms with Crippen LogP contribution >= 0.6 is 0 Å². The van der Waals surface area contributed by atoms with E-state index >= 15 is 0 Å². The molecule has 2 N–H and O–H groups in total. The number of ether oxygens (including phenoxy) is 2. The van der Waals surface area contributed by atoms with Crippen LogP contribution < -0.4 is 15.2 Å². The smallest absolute Gasteiger partial charge is 0.161 e. The number of hydrogen-bond donors (Lipinski definition) is 1. The van der Waals surface area contributed by atoms with Crippen LogP contribution in [0.3, 0.4) is 0 Å². The van der Waals surface area contributed by atoms with Gasteiger partial charge in [0, 0.05) is 6.04 Å². The first-order chi connectivity index (χ1) is 8.24. The van der Waals surface area contributed by atoms with Crippen LogP contribution in [0.4, 0.5) is 0 Å². The van der Waals surface area contributed by atoms with Gasteiger partial charge in [-0.05, 0) is 42.5 Å². The highest BCUT2D eigenvalue weighted by Crippen LogP contribution is 2.33. The van der Waals surface area contributed by atoms with Crippen molar-refractivity contribution < 1.29 is 9.47 Å². The fraction of sp³-hybridized carbons (Fsp3) is 0.429. The molecular formula is C14H19NO2. The average Bonchev–Trinajstić information content (AvgIpc) is 2.39. The van der Waals surface area contributed by atoms with Crippen molar-refractivity contribution in [3.63, 3.8) is 0 Å². The van der Waals surface area contributed by atoms with E-state index in [2.05, 4.69) is 12.1 Å². The molecule has 0 aliphatic heterocycles. The molecule has 1 aliphatic rings. The largest absolute Gasteiger partial charge is 0.493 e. The topological polar surface area (TPSA) is 44.5 Å². The SMILES string of the molecule is COc1ccc(C2=CCC(N)CC2)cc1OC. The average molecular weight is 233 g/mol. The molecule has 1 aromatic rings. The highest BCUT2D eigenvalue weighted by atomic mass is 16.5. The zero-order chi connectivity index (χ0) is 12.3. The third-order valence-corrected chi connectivity index (χ3v) is 3.21. The van der Waals surface area contributed by atoms with Crippen LogP contribution in [0, 0.1) is 0 Å². The van der Waals surface area contributed by atoms with Gasteiger partial charge in [0.05, 0.1) is 14.2 Å². The lowest BCUT2D eigenvalue weighted by Gasteiger charge is -2.19. The molecule has 0 amide bonds. The maximum absolute atomic E-state index is 5.89. The predicted octanol–water partition coefficient (Wildman–Crippen LogP) is 2.60. The molecule has 1 atom stereocenters. The van der Waals surface area contributed by atoms with Crippen LogP contribution in [0.15, 0.2) is 24.3 Å². The first-order valence-electron chi connectivity index (χ1n) is 5.91. The van der Waals surface area contributed by atoms with Gasteiger partial charge in [-0.25, -0.2) is 0 Å². The Labute approximate surface area is 102 Å². The summed E-state index contributed by atoms with van der Waals surface area (Å²) in [5.74, 6) is 1.55. The van der Waals surface area contributed by atoms with Gasteiger partial charge in [-0.1, -0.05) is 12.1 Å². The van der Waals surface area contributed by atoms with E-state index in [1.54, 1.807) is 14.2 Å². The lowest BCUT2D eigenvalue weighted by Crippen LogP contribution is -2.21. The van der Waals surface area contributed by atoms with Gasteiger partial charge in [-0.3, -0.25) is 0 Å².